The lowest BCUT2D eigenvalue weighted by atomic mass is 10.2. The fourth-order valence-corrected chi connectivity index (χ4v) is 3.92. The van der Waals surface area contributed by atoms with Crippen LogP contribution in [0.3, 0.4) is 0 Å². The van der Waals surface area contributed by atoms with Crippen molar-refractivity contribution in [1.82, 2.24) is 15.0 Å². The van der Waals surface area contributed by atoms with Crippen molar-refractivity contribution in [3.8, 4) is 0 Å². The average Bonchev–Trinajstić information content (AvgIpc) is 3.30. The summed E-state index contributed by atoms with van der Waals surface area (Å²) >= 11 is 3.17. The van der Waals surface area contributed by atoms with Crippen LogP contribution < -0.4 is 0 Å². The van der Waals surface area contributed by atoms with Gasteiger partial charge in [0.1, 0.15) is 0 Å². The number of hydrogen-bond donors (Lipinski definition) is 1. The van der Waals surface area contributed by atoms with E-state index in [1.807, 2.05) is 54.8 Å². The number of para-hydroxylation sites is 2. The number of thioether (sulfide) groups is 2. The number of carbonyl (C=O) groups is 1. The number of benzene rings is 2. The molecule has 0 aliphatic carbocycles. The van der Waals surface area contributed by atoms with Gasteiger partial charge in [-0.2, -0.15) is 5.01 Å². The Bertz CT molecular complexity index is 967. The van der Waals surface area contributed by atoms with E-state index in [1.54, 1.807) is 11.8 Å². The van der Waals surface area contributed by atoms with Gasteiger partial charge in [0.25, 0.3) is 0 Å². The maximum absolute atomic E-state index is 12.0. The number of aromatic nitrogens is 2. The molecule has 1 aromatic heterocycles. The molecule has 4 rings (SSSR count). The Morgan fingerprint density at radius 3 is 2.70 bits per heavy atom. The molecular weight excluding hydrogens is 380 g/mol. The smallest absolute Gasteiger partial charge is 0.243 e. The number of nitrogens with one attached hydrogen (secondary N) is 1. The minimum atomic E-state index is -0.523. The van der Waals surface area contributed by atoms with E-state index in [2.05, 4.69) is 15.1 Å². The molecule has 8 heteroatoms. The summed E-state index contributed by atoms with van der Waals surface area (Å²) in [6.45, 7) is 1.49. The molecule has 0 saturated carbocycles. The van der Waals surface area contributed by atoms with Gasteiger partial charge in [0.15, 0.2) is 5.16 Å². The molecule has 2 heterocycles. The van der Waals surface area contributed by atoms with E-state index >= 15 is 0 Å². The van der Waals surface area contributed by atoms with Gasteiger partial charge in [-0.05, 0) is 30.5 Å². The Morgan fingerprint density at radius 1 is 1.22 bits per heavy atom. The lowest BCUT2D eigenvalue weighted by Gasteiger charge is -2.19. The molecule has 138 valence electrons. The summed E-state index contributed by atoms with van der Waals surface area (Å²) in [5.41, 5.74) is 2.81. The van der Waals surface area contributed by atoms with Crippen LogP contribution in [0.1, 0.15) is 18.7 Å². The van der Waals surface area contributed by atoms with Crippen LogP contribution in [-0.4, -0.2) is 38.8 Å². The second-order valence-corrected chi connectivity index (χ2v) is 7.79. The van der Waals surface area contributed by atoms with Crippen molar-refractivity contribution < 1.29 is 9.53 Å². The number of carbonyl (C=O) groups excluding carboxylic acids is 1. The van der Waals surface area contributed by atoms with Crippen molar-refractivity contribution in [1.29, 1.82) is 0 Å². The molecule has 27 heavy (non-hydrogen) atoms. The first-order valence-electron chi connectivity index (χ1n) is 8.39. The second-order valence-electron chi connectivity index (χ2n) is 5.95. The Kier molecular flexibility index (Phi) is 5.09. The number of hydrogen-bond acceptors (Lipinski definition) is 6. The number of amides is 1. The van der Waals surface area contributed by atoms with Crippen LogP contribution >= 0.6 is 23.5 Å². The Hall–Kier alpha value is -2.45. The van der Waals surface area contributed by atoms with Gasteiger partial charge >= 0.3 is 0 Å². The van der Waals surface area contributed by atoms with Crippen LogP contribution in [0.2, 0.25) is 0 Å². The number of ether oxygens (including phenoxy) is 1. The van der Waals surface area contributed by atoms with Gasteiger partial charge in [0.05, 0.1) is 16.8 Å². The maximum Gasteiger partial charge on any atom is 0.243 e. The minimum absolute atomic E-state index is 0.155. The predicted molar refractivity (Wildman–Crippen MR) is 109 cm³/mol. The SMILES string of the molecule is CSc1ccc([C@@H]2OC(CSc3nc4ccccc4[nH]3)=NN2C(C)=O)cc1. The number of fused-ring (bicyclic) bond motifs is 1. The molecule has 0 spiro atoms. The van der Waals surface area contributed by atoms with Gasteiger partial charge in [0.2, 0.25) is 18.0 Å². The Balaban J connectivity index is 1.47. The summed E-state index contributed by atoms with van der Waals surface area (Å²) in [5.74, 6) is 0.843. The fourth-order valence-electron chi connectivity index (χ4n) is 2.78. The minimum Gasteiger partial charge on any atom is -0.449 e. The van der Waals surface area contributed by atoms with Gasteiger partial charge in [-0.3, -0.25) is 4.79 Å². The van der Waals surface area contributed by atoms with Gasteiger partial charge < -0.3 is 9.72 Å². The lowest BCUT2D eigenvalue weighted by molar-refractivity contribution is -0.135. The zero-order chi connectivity index (χ0) is 18.8. The predicted octanol–water partition coefficient (Wildman–Crippen LogP) is 4.27. The van der Waals surface area contributed by atoms with Crippen molar-refractivity contribution in [2.45, 2.75) is 23.2 Å². The van der Waals surface area contributed by atoms with Gasteiger partial charge in [-0.15, -0.1) is 16.9 Å². The molecule has 0 fully saturated rings. The standard InChI is InChI=1S/C19H18N4O2S2/c1-12(24)23-18(13-7-9-14(26-2)10-8-13)25-17(22-23)11-27-19-20-15-5-3-4-6-16(15)21-19/h3-10,18H,11H2,1-2H3,(H,20,21)/t18-/m0/s1. The third kappa shape index (κ3) is 3.81. The Morgan fingerprint density at radius 2 is 2.00 bits per heavy atom. The van der Waals surface area contributed by atoms with E-state index in [1.165, 1.54) is 23.7 Å². The van der Waals surface area contributed by atoms with Gasteiger partial charge in [0, 0.05) is 17.4 Å². The summed E-state index contributed by atoms with van der Waals surface area (Å²) in [7, 11) is 0. The summed E-state index contributed by atoms with van der Waals surface area (Å²) in [5, 5.41) is 6.55. The molecule has 6 nitrogen and oxygen atoms in total. The normalized spacial score (nSPS) is 16.4. The van der Waals surface area contributed by atoms with Crippen molar-refractivity contribution in [3.63, 3.8) is 0 Å². The van der Waals surface area contributed by atoms with E-state index in [4.69, 9.17) is 4.74 Å². The summed E-state index contributed by atoms with van der Waals surface area (Å²) < 4.78 is 5.98. The highest BCUT2D eigenvalue weighted by Gasteiger charge is 2.32. The van der Waals surface area contributed by atoms with E-state index in [0.29, 0.717) is 11.7 Å². The molecule has 1 aliphatic heterocycles. The number of hydrazone groups is 1. The van der Waals surface area contributed by atoms with Crippen molar-refractivity contribution in [2.75, 3.05) is 12.0 Å². The Labute approximate surface area is 165 Å². The van der Waals surface area contributed by atoms with Crippen LogP contribution in [0.4, 0.5) is 0 Å². The highest BCUT2D eigenvalue weighted by atomic mass is 32.2. The van der Waals surface area contributed by atoms with Crippen molar-refractivity contribution in [3.05, 3.63) is 54.1 Å². The first kappa shape index (κ1) is 17.9. The first-order chi connectivity index (χ1) is 13.1. The van der Waals surface area contributed by atoms with Crippen LogP contribution in [0, 0.1) is 0 Å². The van der Waals surface area contributed by atoms with E-state index < -0.39 is 6.23 Å². The van der Waals surface area contributed by atoms with Crippen molar-refractivity contribution >= 4 is 46.4 Å². The lowest BCUT2D eigenvalue weighted by Crippen LogP contribution is -2.25. The maximum atomic E-state index is 12.0. The number of H-pyrrole nitrogens is 1. The largest absolute Gasteiger partial charge is 0.449 e. The van der Waals surface area contributed by atoms with Crippen LogP contribution in [0.5, 0.6) is 0 Å². The molecule has 1 aliphatic rings. The van der Waals surface area contributed by atoms with Crippen LogP contribution in [-0.2, 0) is 9.53 Å². The summed E-state index contributed by atoms with van der Waals surface area (Å²) in [6, 6.07) is 15.9. The highest BCUT2D eigenvalue weighted by Crippen LogP contribution is 2.31. The molecule has 2 aromatic carbocycles. The topological polar surface area (TPSA) is 70.6 Å². The molecule has 0 radical (unpaired) electrons. The molecule has 1 amide bonds. The quantitative estimate of drug-likeness (QED) is 0.650. The van der Waals surface area contributed by atoms with Crippen LogP contribution in [0.15, 0.2) is 63.7 Å². The third-order valence-electron chi connectivity index (χ3n) is 4.11. The summed E-state index contributed by atoms with van der Waals surface area (Å²) in [4.78, 5) is 21.0. The fraction of sp³-hybridized carbons (Fsp3) is 0.211. The summed E-state index contributed by atoms with van der Waals surface area (Å²) in [6.07, 6.45) is 1.50. The highest BCUT2D eigenvalue weighted by molar-refractivity contribution is 7.99. The number of imidazole rings is 1. The number of rotatable bonds is 5. The monoisotopic (exact) mass is 398 g/mol. The second kappa shape index (κ2) is 7.66. The van der Waals surface area contributed by atoms with Gasteiger partial charge in [-0.25, -0.2) is 4.98 Å². The van der Waals surface area contributed by atoms with E-state index in [-0.39, 0.29) is 5.91 Å². The zero-order valence-corrected chi connectivity index (χ0v) is 16.5. The molecule has 0 unspecified atom stereocenters. The molecule has 0 bridgehead atoms. The molecular formula is C19H18N4O2S2. The van der Waals surface area contributed by atoms with E-state index in [0.717, 1.165) is 26.6 Å². The van der Waals surface area contributed by atoms with E-state index in [9.17, 15) is 4.79 Å². The first-order valence-corrected chi connectivity index (χ1v) is 10.6. The zero-order valence-electron chi connectivity index (χ0n) is 14.9. The van der Waals surface area contributed by atoms with Crippen molar-refractivity contribution in [2.24, 2.45) is 5.10 Å². The van der Waals surface area contributed by atoms with Gasteiger partial charge in [-0.1, -0.05) is 36.0 Å². The number of aromatic amines is 1. The molecule has 3 aromatic rings. The molecule has 0 saturated heterocycles. The average molecular weight is 399 g/mol. The number of nitrogens with zero attached hydrogens (tertiary/aromatic N) is 3. The third-order valence-corrected chi connectivity index (χ3v) is 5.71. The molecule has 1 N–H and O–H groups in total. The molecule has 1 atom stereocenters. The van der Waals surface area contributed by atoms with Crippen LogP contribution in [0.25, 0.3) is 11.0 Å².